The SMILES string of the molecule is CO[C@H]1[C@H](O)C(CO)OC(c2cc(Cc3cc4ccccc4s3)ccc2OC(C)C)[C@@H]1O. The molecule has 1 aliphatic heterocycles. The fraction of sp³-hybridized carbons (Fsp3) is 0.440. The Kier molecular flexibility index (Phi) is 7.14. The highest BCUT2D eigenvalue weighted by molar-refractivity contribution is 7.19. The lowest BCUT2D eigenvalue weighted by atomic mass is 9.89. The van der Waals surface area contributed by atoms with E-state index in [1.165, 1.54) is 22.1 Å². The minimum absolute atomic E-state index is 0.0691. The van der Waals surface area contributed by atoms with E-state index < -0.39 is 30.5 Å². The average Bonchev–Trinajstić information content (AvgIpc) is 3.17. The maximum atomic E-state index is 11.0. The van der Waals surface area contributed by atoms with E-state index in [1.54, 1.807) is 11.3 Å². The molecule has 1 aromatic heterocycles. The molecule has 5 atom stereocenters. The van der Waals surface area contributed by atoms with E-state index in [-0.39, 0.29) is 12.7 Å². The van der Waals surface area contributed by atoms with Crippen LogP contribution in [0.3, 0.4) is 0 Å². The van der Waals surface area contributed by atoms with Crippen molar-refractivity contribution in [1.82, 2.24) is 0 Å². The first-order valence-corrected chi connectivity index (χ1v) is 11.6. The summed E-state index contributed by atoms with van der Waals surface area (Å²) in [5, 5.41) is 32.3. The van der Waals surface area contributed by atoms with Gasteiger partial charge in [0.2, 0.25) is 0 Å². The van der Waals surface area contributed by atoms with Gasteiger partial charge in [-0.15, -0.1) is 11.3 Å². The van der Waals surface area contributed by atoms with E-state index in [2.05, 4.69) is 18.2 Å². The lowest BCUT2D eigenvalue weighted by molar-refractivity contribution is -0.238. The molecule has 0 bridgehead atoms. The van der Waals surface area contributed by atoms with Gasteiger partial charge in [-0.25, -0.2) is 0 Å². The molecular formula is C25H30O6S. The number of hydrogen-bond donors (Lipinski definition) is 3. The van der Waals surface area contributed by atoms with Gasteiger partial charge in [-0.05, 0) is 49.1 Å². The lowest BCUT2D eigenvalue weighted by Crippen LogP contribution is -2.56. The fourth-order valence-electron chi connectivity index (χ4n) is 4.24. The molecule has 2 heterocycles. The normalized spacial score (nSPS) is 26.0. The van der Waals surface area contributed by atoms with Crippen LogP contribution in [0.25, 0.3) is 10.1 Å². The second kappa shape index (κ2) is 9.87. The molecule has 0 radical (unpaired) electrons. The predicted molar refractivity (Wildman–Crippen MR) is 124 cm³/mol. The van der Waals surface area contributed by atoms with Crippen molar-refractivity contribution in [3.8, 4) is 5.75 Å². The number of methoxy groups -OCH3 is 1. The summed E-state index contributed by atoms with van der Waals surface area (Å²) in [6, 6.07) is 16.4. The monoisotopic (exact) mass is 458 g/mol. The zero-order chi connectivity index (χ0) is 22.8. The molecule has 3 N–H and O–H groups in total. The first-order valence-electron chi connectivity index (χ1n) is 10.8. The van der Waals surface area contributed by atoms with Gasteiger partial charge in [0, 0.05) is 28.7 Å². The molecule has 2 unspecified atom stereocenters. The van der Waals surface area contributed by atoms with Crippen molar-refractivity contribution in [3.05, 3.63) is 64.5 Å². The molecule has 1 aliphatic rings. The highest BCUT2D eigenvalue weighted by atomic mass is 32.1. The van der Waals surface area contributed by atoms with Gasteiger partial charge in [-0.3, -0.25) is 0 Å². The van der Waals surface area contributed by atoms with Gasteiger partial charge >= 0.3 is 0 Å². The number of hydrogen-bond acceptors (Lipinski definition) is 7. The number of thiophene rings is 1. The Morgan fingerprint density at radius 1 is 1.06 bits per heavy atom. The van der Waals surface area contributed by atoms with Gasteiger partial charge in [0.05, 0.1) is 12.7 Å². The van der Waals surface area contributed by atoms with Crippen molar-refractivity contribution in [2.45, 2.75) is 56.9 Å². The van der Waals surface area contributed by atoms with E-state index in [0.717, 1.165) is 12.0 Å². The Labute approximate surface area is 192 Å². The molecule has 3 aromatic rings. The minimum atomic E-state index is -1.13. The molecule has 1 fully saturated rings. The molecule has 0 spiro atoms. The summed E-state index contributed by atoms with van der Waals surface area (Å²) in [7, 11) is 1.43. The van der Waals surface area contributed by atoms with Gasteiger partial charge in [-0.2, -0.15) is 0 Å². The third-order valence-electron chi connectivity index (χ3n) is 5.74. The van der Waals surface area contributed by atoms with Crippen LogP contribution >= 0.6 is 11.3 Å². The number of aliphatic hydroxyl groups is 3. The third kappa shape index (κ3) is 4.69. The lowest BCUT2D eigenvalue weighted by Gasteiger charge is -2.42. The average molecular weight is 459 g/mol. The molecule has 0 aliphatic carbocycles. The van der Waals surface area contributed by atoms with Crippen LogP contribution < -0.4 is 4.74 Å². The van der Waals surface area contributed by atoms with Gasteiger partial charge < -0.3 is 29.5 Å². The number of ether oxygens (including phenoxy) is 3. The summed E-state index contributed by atoms with van der Waals surface area (Å²) in [5.41, 5.74) is 1.73. The molecule has 6 nitrogen and oxygen atoms in total. The van der Waals surface area contributed by atoms with Crippen LogP contribution in [0.4, 0.5) is 0 Å². The van der Waals surface area contributed by atoms with Crippen LogP contribution in [0.1, 0.15) is 36.0 Å². The van der Waals surface area contributed by atoms with Crippen LogP contribution in [0.15, 0.2) is 48.5 Å². The number of fused-ring (bicyclic) bond motifs is 1. The van der Waals surface area contributed by atoms with Gasteiger partial charge in [0.15, 0.2) is 0 Å². The zero-order valence-electron chi connectivity index (χ0n) is 18.5. The smallest absolute Gasteiger partial charge is 0.125 e. The Morgan fingerprint density at radius 2 is 1.84 bits per heavy atom. The highest BCUT2D eigenvalue weighted by Gasteiger charge is 2.46. The number of rotatable bonds is 7. The zero-order valence-corrected chi connectivity index (χ0v) is 19.3. The fourth-order valence-corrected chi connectivity index (χ4v) is 5.34. The summed E-state index contributed by atoms with van der Waals surface area (Å²) >= 11 is 1.76. The molecule has 0 amide bonds. The molecule has 32 heavy (non-hydrogen) atoms. The van der Waals surface area contributed by atoms with Crippen LogP contribution in [0.2, 0.25) is 0 Å². The van der Waals surface area contributed by atoms with Crippen molar-refractivity contribution in [2.75, 3.05) is 13.7 Å². The Morgan fingerprint density at radius 3 is 2.53 bits per heavy atom. The molecule has 1 saturated heterocycles. The molecular weight excluding hydrogens is 428 g/mol. The predicted octanol–water partition coefficient (Wildman–Crippen LogP) is 3.45. The van der Waals surface area contributed by atoms with Crippen molar-refractivity contribution in [2.24, 2.45) is 0 Å². The van der Waals surface area contributed by atoms with Crippen molar-refractivity contribution in [3.63, 3.8) is 0 Å². The standard InChI is InChI=1S/C25H30O6S/c1-14(2)30-19-9-8-15(10-17-12-16-6-4-5-7-21(16)32-17)11-18(19)24-23(28)25(29-3)22(27)20(13-26)31-24/h4-9,11-12,14,20,22-28H,10,13H2,1-3H3/t20?,22-,23+,24?,25+/m1/s1. The largest absolute Gasteiger partial charge is 0.491 e. The topological polar surface area (TPSA) is 88.4 Å². The summed E-state index contributed by atoms with van der Waals surface area (Å²) in [6.07, 6.45) is -4.15. The summed E-state index contributed by atoms with van der Waals surface area (Å²) in [4.78, 5) is 1.23. The second-order valence-electron chi connectivity index (χ2n) is 8.43. The maximum absolute atomic E-state index is 11.0. The second-order valence-corrected chi connectivity index (χ2v) is 9.59. The summed E-state index contributed by atoms with van der Waals surface area (Å²) < 4.78 is 18.6. The molecule has 0 saturated carbocycles. The number of aliphatic hydroxyl groups excluding tert-OH is 3. The van der Waals surface area contributed by atoms with Crippen LogP contribution in [0, 0.1) is 0 Å². The third-order valence-corrected chi connectivity index (χ3v) is 6.85. The van der Waals surface area contributed by atoms with Gasteiger partial charge in [0.1, 0.15) is 36.3 Å². The van der Waals surface area contributed by atoms with Crippen LogP contribution in [-0.2, 0) is 15.9 Å². The van der Waals surface area contributed by atoms with E-state index in [0.29, 0.717) is 11.3 Å². The first kappa shape index (κ1) is 23.2. The van der Waals surface area contributed by atoms with E-state index in [4.69, 9.17) is 14.2 Å². The van der Waals surface area contributed by atoms with Gasteiger partial charge in [-0.1, -0.05) is 24.3 Å². The quantitative estimate of drug-likeness (QED) is 0.503. The molecule has 2 aromatic carbocycles. The van der Waals surface area contributed by atoms with Crippen LogP contribution in [0.5, 0.6) is 5.75 Å². The summed E-state index contributed by atoms with van der Waals surface area (Å²) in [5.74, 6) is 0.604. The maximum Gasteiger partial charge on any atom is 0.125 e. The first-order chi connectivity index (χ1) is 15.4. The summed E-state index contributed by atoms with van der Waals surface area (Å²) in [6.45, 7) is 3.49. The Hall–Kier alpha value is -2.00. The van der Waals surface area contributed by atoms with E-state index in [1.807, 2.05) is 44.2 Å². The van der Waals surface area contributed by atoms with Crippen molar-refractivity contribution < 1.29 is 29.5 Å². The van der Waals surface area contributed by atoms with Crippen molar-refractivity contribution in [1.29, 1.82) is 0 Å². The Bertz CT molecular complexity index is 1010. The minimum Gasteiger partial charge on any atom is -0.491 e. The van der Waals surface area contributed by atoms with E-state index in [9.17, 15) is 15.3 Å². The Balaban J connectivity index is 1.69. The van der Waals surface area contributed by atoms with Gasteiger partial charge in [0.25, 0.3) is 0 Å². The van der Waals surface area contributed by atoms with E-state index >= 15 is 0 Å². The molecule has 172 valence electrons. The molecule has 4 rings (SSSR count). The van der Waals surface area contributed by atoms with Crippen LogP contribution in [-0.4, -0.2) is 59.6 Å². The highest BCUT2D eigenvalue weighted by Crippen LogP contribution is 2.39. The molecule has 7 heteroatoms. The van der Waals surface area contributed by atoms with Crippen molar-refractivity contribution >= 4 is 21.4 Å². The number of benzene rings is 2.